The molecule has 6 nitrogen and oxygen atoms in total. The molecule has 1 aromatic rings. The number of carbonyl (C=O) groups excluding carboxylic acids is 1. The smallest absolute Gasteiger partial charge is 0.306 e. The van der Waals surface area contributed by atoms with E-state index in [-0.39, 0.29) is 19.6 Å². The summed E-state index contributed by atoms with van der Waals surface area (Å²) in [6.45, 7) is 1.61. The highest BCUT2D eigenvalue weighted by Crippen LogP contribution is 2.20. The molecule has 0 radical (unpaired) electrons. The molecule has 0 N–H and O–H groups in total. The molecule has 0 bridgehead atoms. The summed E-state index contributed by atoms with van der Waals surface area (Å²) in [7, 11) is 0. The van der Waals surface area contributed by atoms with Crippen molar-refractivity contribution in [1.29, 1.82) is 0 Å². The van der Waals surface area contributed by atoms with E-state index in [2.05, 4.69) is 0 Å². The van der Waals surface area contributed by atoms with Crippen LogP contribution in [0.3, 0.4) is 0 Å². The Morgan fingerprint density at radius 2 is 2.44 bits per heavy atom. The molecule has 0 amide bonds. The van der Waals surface area contributed by atoms with E-state index in [4.69, 9.17) is 9.15 Å². The fourth-order valence-electron chi connectivity index (χ4n) is 1.38. The quantitative estimate of drug-likeness (QED) is 0.418. The summed E-state index contributed by atoms with van der Waals surface area (Å²) in [5, 5.41) is 10.5. The number of ether oxygens (including phenoxy) is 1. The molecule has 1 unspecified atom stereocenters. The van der Waals surface area contributed by atoms with Crippen LogP contribution in [0.4, 0.5) is 0 Å². The second kappa shape index (κ2) is 5.89. The minimum absolute atomic E-state index is 0.0394. The number of rotatable bonds is 6. The van der Waals surface area contributed by atoms with E-state index in [9.17, 15) is 14.9 Å². The van der Waals surface area contributed by atoms with Crippen LogP contribution < -0.4 is 0 Å². The highest BCUT2D eigenvalue weighted by molar-refractivity contribution is 5.70. The molecule has 1 atom stereocenters. The van der Waals surface area contributed by atoms with Crippen molar-refractivity contribution < 1.29 is 18.9 Å². The van der Waals surface area contributed by atoms with E-state index in [1.807, 2.05) is 0 Å². The average molecular weight is 227 g/mol. The molecule has 0 aliphatic rings. The molecule has 1 rings (SSSR count). The molecule has 0 saturated carbocycles. The van der Waals surface area contributed by atoms with Gasteiger partial charge in [-0.05, 0) is 19.1 Å². The number of carbonyl (C=O) groups is 1. The van der Waals surface area contributed by atoms with Crippen LogP contribution in [0.25, 0.3) is 0 Å². The molecule has 0 saturated heterocycles. The number of hydrogen-bond acceptors (Lipinski definition) is 5. The van der Waals surface area contributed by atoms with Crippen LogP contribution in [0.1, 0.15) is 25.0 Å². The van der Waals surface area contributed by atoms with Crippen LogP contribution in [0.2, 0.25) is 0 Å². The summed E-state index contributed by atoms with van der Waals surface area (Å²) in [5.74, 6) is -0.584. The van der Waals surface area contributed by atoms with Gasteiger partial charge in [0.2, 0.25) is 6.54 Å². The normalized spacial score (nSPS) is 12.1. The Morgan fingerprint density at radius 1 is 1.69 bits per heavy atom. The van der Waals surface area contributed by atoms with Crippen LogP contribution in [0.5, 0.6) is 0 Å². The average Bonchev–Trinajstić information content (AvgIpc) is 2.68. The minimum Gasteiger partial charge on any atom is -0.469 e. The van der Waals surface area contributed by atoms with Crippen molar-refractivity contribution in [3.63, 3.8) is 0 Å². The van der Waals surface area contributed by atoms with E-state index in [1.54, 1.807) is 19.1 Å². The standard InChI is InChI=1S/C10H13NO5/c1-2-15-10(12)6-8(7-11(13)14)9-4-3-5-16-9/h3-5,8H,2,6-7H2,1H3. The number of nitro groups is 1. The Bertz CT molecular complexity index is 346. The van der Waals surface area contributed by atoms with Gasteiger partial charge in [0.25, 0.3) is 0 Å². The van der Waals surface area contributed by atoms with Crippen LogP contribution >= 0.6 is 0 Å². The number of nitrogens with zero attached hydrogens (tertiary/aromatic N) is 1. The first kappa shape index (κ1) is 12.2. The van der Waals surface area contributed by atoms with Gasteiger partial charge in [-0.2, -0.15) is 0 Å². The summed E-state index contributed by atoms with van der Waals surface area (Å²) >= 11 is 0. The van der Waals surface area contributed by atoms with Gasteiger partial charge in [-0.1, -0.05) is 0 Å². The summed E-state index contributed by atoms with van der Waals surface area (Å²) in [5.41, 5.74) is 0. The first-order valence-electron chi connectivity index (χ1n) is 4.94. The second-order valence-corrected chi connectivity index (χ2v) is 3.24. The number of hydrogen-bond donors (Lipinski definition) is 0. The third kappa shape index (κ3) is 3.72. The molecule has 0 aliphatic carbocycles. The molecule has 0 spiro atoms. The summed E-state index contributed by atoms with van der Waals surface area (Å²) in [6, 6.07) is 3.25. The fraction of sp³-hybridized carbons (Fsp3) is 0.500. The van der Waals surface area contributed by atoms with Gasteiger partial charge in [-0.15, -0.1) is 0 Å². The molecular formula is C10H13NO5. The van der Waals surface area contributed by atoms with Crippen molar-refractivity contribution in [2.75, 3.05) is 13.2 Å². The van der Waals surface area contributed by atoms with Gasteiger partial charge < -0.3 is 9.15 Å². The van der Waals surface area contributed by atoms with Gasteiger partial charge in [0.1, 0.15) is 5.76 Å². The van der Waals surface area contributed by atoms with Gasteiger partial charge in [0.15, 0.2) is 0 Å². The summed E-state index contributed by atoms with van der Waals surface area (Å²) in [4.78, 5) is 21.2. The summed E-state index contributed by atoms with van der Waals surface area (Å²) < 4.78 is 9.81. The molecule has 1 aromatic heterocycles. The zero-order chi connectivity index (χ0) is 12.0. The molecule has 88 valence electrons. The largest absolute Gasteiger partial charge is 0.469 e. The molecule has 0 aliphatic heterocycles. The van der Waals surface area contributed by atoms with Gasteiger partial charge in [0, 0.05) is 4.92 Å². The lowest BCUT2D eigenvalue weighted by molar-refractivity contribution is -0.483. The molecular weight excluding hydrogens is 214 g/mol. The van der Waals surface area contributed by atoms with Gasteiger partial charge in [-0.25, -0.2) is 0 Å². The van der Waals surface area contributed by atoms with Crippen molar-refractivity contribution in [3.8, 4) is 0 Å². The zero-order valence-electron chi connectivity index (χ0n) is 8.92. The van der Waals surface area contributed by atoms with Crippen LogP contribution in [-0.2, 0) is 9.53 Å². The molecule has 0 aromatic carbocycles. The van der Waals surface area contributed by atoms with Gasteiger partial charge in [-0.3, -0.25) is 14.9 Å². The van der Waals surface area contributed by atoms with Crippen molar-refractivity contribution >= 4 is 5.97 Å². The predicted molar refractivity (Wildman–Crippen MR) is 54.6 cm³/mol. The second-order valence-electron chi connectivity index (χ2n) is 3.24. The van der Waals surface area contributed by atoms with Gasteiger partial charge >= 0.3 is 5.97 Å². The molecule has 0 fully saturated rings. The first-order valence-corrected chi connectivity index (χ1v) is 4.94. The van der Waals surface area contributed by atoms with E-state index in [0.717, 1.165) is 0 Å². The highest BCUT2D eigenvalue weighted by Gasteiger charge is 2.24. The van der Waals surface area contributed by atoms with Crippen molar-refractivity contribution in [2.24, 2.45) is 0 Å². The van der Waals surface area contributed by atoms with Crippen LogP contribution in [0, 0.1) is 10.1 Å². The number of furan rings is 1. The van der Waals surface area contributed by atoms with Gasteiger partial charge in [0.05, 0.1) is 25.2 Å². The van der Waals surface area contributed by atoms with E-state index in [1.165, 1.54) is 6.26 Å². The highest BCUT2D eigenvalue weighted by atomic mass is 16.6. The molecule has 16 heavy (non-hydrogen) atoms. The monoisotopic (exact) mass is 227 g/mol. The predicted octanol–water partition coefficient (Wildman–Crippen LogP) is 1.59. The lowest BCUT2D eigenvalue weighted by atomic mass is 10.0. The van der Waals surface area contributed by atoms with Crippen molar-refractivity contribution in [1.82, 2.24) is 0 Å². The SMILES string of the molecule is CCOC(=O)CC(C[N+](=O)[O-])c1ccco1. The fourth-order valence-corrected chi connectivity index (χ4v) is 1.38. The Morgan fingerprint density at radius 3 is 2.94 bits per heavy atom. The maximum atomic E-state index is 11.2. The van der Waals surface area contributed by atoms with Crippen molar-refractivity contribution in [2.45, 2.75) is 19.3 Å². The Hall–Kier alpha value is -1.85. The molecule has 6 heteroatoms. The zero-order valence-corrected chi connectivity index (χ0v) is 8.92. The number of esters is 1. The summed E-state index contributed by atoms with van der Waals surface area (Å²) in [6.07, 6.45) is 1.38. The Labute approximate surface area is 92.3 Å². The van der Waals surface area contributed by atoms with Crippen LogP contribution in [-0.4, -0.2) is 24.0 Å². The van der Waals surface area contributed by atoms with E-state index < -0.39 is 16.8 Å². The Balaban J connectivity index is 2.65. The Kier molecular flexibility index (Phi) is 4.50. The third-order valence-electron chi connectivity index (χ3n) is 2.03. The van der Waals surface area contributed by atoms with Crippen molar-refractivity contribution in [3.05, 3.63) is 34.3 Å². The van der Waals surface area contributed by atoms with Crippen LogP contribution in [0.15, 0.2) is 22.8 Å². The first-order chi connectivity index (χ1) is 7.63. The maximum Gasteiger partial charge on any atom is 0.306 e. The maximum absolute atomic E-state index is 11.2. The van der Waals surface area contributed by atoms with E-state index in [0.29, 0.717) is 5.76 Å². The topological polar surface area (TPSA) is 82.6 Å². The molecule has 1 heterocycles. The third-order valence-corrected chi connectivity index (χ3v) is 2.03. The minimum atomic E-state index is -0.566. The lowest BCUT2D eigenvalue weighted by Gasteiger charge is -2.09. The lowest BCUT2D eigenvalue weighted by Crippen LogP contribution is -2.17. The van der Waals surface area contributed by atoms with E-state index >= 15 is 0 Å².